The molecule has 5 heteroatoms. The number of hydrogen-bond donors (Lipinski definition) is 1. The summed E-state index contributed by atoms with van der Waals surface area (Å²) in [4.78, 5) is 18.0. The number of carboxylic acids is 1. The Hall–Kier alpha value is -1.88. The summed E-state index contributed by atoms with van der Waals surface area (Å²) < 4.78 is 0. The van der Waals surface area contributed by atoms with Crippen LogP contribution in [0.1, 0.15) is 27.3 Å². The third-order valence-corrected chi connectivity index (χ3v) is 4.49. The van der Waals surface area contributed by atoms with Crippen LogP contribution in [0.4, 0.5) is 10.8 Å². The van der Waals surface area contributed by atoms with Crippen molar-refractivity contribution < 1.29 is 9.90 Å². The largest absolute Gasteiger partial charge is 0.477 e. The molecule has 0 aliphatic carbocycles. The maximum Gasteiger partial charge on any atom is 0.347 e. The number of carbonyl (C=O) groups is 1. The van der Waals surface area contributed by atoms with Gasteiger partial charge in [0.1, 0.15) is 4.88 Å². The molecule has 1 N–H and O–H groups in total. The van der Waals surface area contributed by atoms with E-state index < -0.39 is 5.97 Å². The van der Waals surface area contributed by atoms with E-state index in [1.807, 2.05) is 12.1 Å². The van der Waals surface area contributed by atoms with Crippen molar-refractivity contribution >= 4 is 28.1 Å². The fourth-order valence-corrected chi connectivity index (χ4v) is 3.37. The Balaban J connectivity index is 2.04. The number of benzene rings is 1. The number of fused-ring (bicyclic) bond motifs is 1. The number of aromatic carboxylic acids is 1. The summed E-state index contributed by atoms with van der Waals surface area (Å²) in [5.41, 5.74) is 3.05. The van der Waals surface area contributed by atoms with E-state index in [0.29, 0.717) is 10.6 Å². The predicted molar refractivity (Wildman–Crippen MR) is 75.6 cm³/mol. The highest BCUT2D eigenvalue weighted by Gasteiger charge is 2.23. The van der Waals surface area contributed by atoms with Crippen LogP contribution in [0, 0.1) is 6.92 Å². The Morgan fingerprint density at radius 2 is 2.21 bits per heavy atom. The first kappa shape index (κ1) is 12.2. The van der Waals surface area contributed by atoms with Crippen molar-refractivity contribution in [3.05, 3.63) is 40.4 Å². The zero-order chi connectivity index (χ0) is 13.4. The molecule has 0 saturated carbocycles. The lowest BCUT2D eigenvalue weighted by Gasteiger charge is -2.28. The highest BCUT2D eigenvalue weighted by molar-refractivity contribution is 7.17. The molecule has 0 amide bonds. The van der Waals surface area contributed by atoms with Crippen LogP contribution in [-0.2, 0) is 6.42 Å². The lowest BCUT2D eigenvalue weighted by Crippen LogP contribution is -2.24. The molecule has 2 aromatic rings. The maximum atomic E-state index is 11.1. The minimum atomic E-state index is -0.897. The fraction of sp³-hybridized carbons (Fsp3) is 0.286. The third kappa shape index (κ3) is 2.10. The molecule has 0 spiro atoms. The average Bonchev–Trinajstić information content (AvgIpc) is 2.80. The molecule has 0 unspecified atom stereocenters. The van der Waals surface area contributed by atoms with Gasteiger partial charge in [-0.3, -0.25) is 0 Å². The van der Waals surface area contributed by atoms with Crippen molar-refractivity contribution in [2.75, 3.05) is 11.4 Å². The van der Waals surface area contributed by atoms with E-state index in [1.54, 1.807) is 6.92 Å². The van der Waals surface area contributed by atoms with Gasteiger partial charge in [0.15, 0.2) is 5.13 Å². The smallest absolute Gasteiger partial charge is 0.347 e. The lowest BCUT2D eigenvalue weighted by molar-refractivity contribution is 0.0701. The number of anilines is 2. The van der Waals surface area contributed by atoms with Crippen LogP contribution in [0.25, 0.3) is 0 Å². The molecule has 19 heavy (non-hydrogen) atoms. The summed E-state index contributed by atoms with van der Waals surface area (Å²) in [6.45, 7) is 2.64. The first-order valence-corrected chi connectivity index (χ1v) is 7.04. The monoisotopic (exact) mass is 274 g/mol. The number of rotatable bonds is 2. The van der Waals surface area contributed by atoms with E-state index in [1.165, 1.54) is 16.9 Å². The number of hydrogen-bond acceptors (Lipinski definition) is 4. The van der Waals surface area contributed by atoms with Crippen LogP contribution < -0.4 is 4.90 Å². The zero-order valence-electron chi connectivity index (χ0n) is 10.6. The van der Waals surface area contributed by atoms with Crippen molar-refractivity contribution in [1.82, 2.24) is 4.98 Å². The zero-order valence-corrected chi connectivity index (χ0v) is 11.4. The van der Waals surface area contributed by atoms with Crippen LogP contribution in [0.3, 0.4) is 0 Å². The third-order valence-electron chi connectivity index (χ3n) is 3.32. The van der Waals surface area contributed by atoms with E-state index in [9.17, 15) is 4.79 Å². The summed E-state index contributed by atoms with van der Waals surface area (Å²) in [6, 6.07) is 8.25. The van der Waals surface area contributed by atoms with Gasteiger partial charge in [-0.2, -0.15) is 0 Å². The molecule has 0 radical (unpaired) electrons. The van der Waals surface area contributed by atoms with E-state index in [0.717, 1.165) is 30.2 Å². The van der Waals surface area contributed by atoms with E-state index >= 15 is 0 Å². The van der Waals surface area contributed by atoms with Crippen molar-refractivity contribution in [2.24, 2.45) is 0 Å². The van der Waals surface area contributed by atoms with E-state index in [-0.39, 0.29) is 0 Å². The quantitative estimate of drug-likeness (QED) is 0.913. The number of thiazole rings is 1. The molecular formula is C14H14N2O2S. The van der Waals surface area contributed by atoms with Gasteiger partial charge < -0.3 is 10.0 Å². The second kappa shape index (κ2) is 4.66. The SMILES string of the molecule is Cc1nc(N2CCCc3ccccc32)sc1C(=O)O. The molecule has 1 aliphatic heterocycles. The van der Waals surface area contributed by atoms with E-state index in [4.69, 9.17) is 5.11 Å². The number of nitrogens with zero attached hydrogens (tertiary/aromatic N) is 2. The van der Waals surface area contributed by atoms with Gasteiger partial charge in [-0.15, -0.1) is 0 Å². The Labute approximate surface area is 115 Å². The van der Waals surface area contributed by atoms with E-state index in [2.05, 4.69) is 22.0 Å². The second-order valence-corrected chi connectivity index (χ2v) is 5.58. The predicted octanol–water partition coefficient (Wildman–Crippen LogP) is 3.23. The second-order valence-electron chi connectivity index (χ2n) is 4.60. The first-order valence-electron chi connectivity index (χ1n) is 6.23. The van der Waals surface area contributed by atoms with Gasteiger partial charge in [-0.1, -0.05) is 29.5 Å². The van der Waals surface area contributed by atoms with Gasteiger partial charge in [0.25, 0.3) is 0 Å². The maximum absolute atomic E-state index is 11.1. The van der Waals surface area contributed by atoms with Crippen LogP contribution in [0.5, 0.6) is 0 Å². The van der Waals surface area contributed by atoms with Crippen molar-refractivity contribution in [2.45, 2.75) is 19.8 Å². The molecule has 98 valence electrons. The van der Waals surface area contributed by atoms with Crippen LogP contribution in [0.15, 0.2) is 24.3 Å². The summed E-state index contributed by atoms with van der Waals surface area (Å²) in [7, 11) is 0. The summed E-state index contributed by atoms with van der Waals surface area (Å²) >= 11 is 1.25. The van der Waals surface area contributed by atoms with Gasteiger partial charge in [0.2, 0.25) is 0 Å². The van der Waals surface area contributed by atoms with Gasteiger partial charge in [0.05, 0.1) is 5.69 Å². The van der Waals surface area contributed by atoms with Crippen molar-refractivity contribution in [3.8, 4) is 0 Å². The molecule has 3 rings (SSSR count). The van der Waals surface area contributed by atoms with Crippen molar-refractivity contribution in [1.29, 1.82) is 0 Å². The van der Waals surface area contributed by atoms with Gasteiger partial charge in [-0.25, -0.2) is 9.78 Å². The van der Waals surface area contributed by atoms with Crippen molar-refractivity contribution in [3.63, 3.8) is 0 Å². The molecular weight excluding hydrogens is 260 g/mol. The molecule has 0 saturated heterocycles. The Kier molecular flexibility index (Phi) is 2.98. The Morgan fingerprint density at radius 3 is 2.95 bits per heavy atom. The molecule has 0 atom stereocenters. The highest BCUT2D eigenvalue weighted by atomic mass is 32.1. The minimum absolute atomic E-state index is 0.332. The number of aryl methyl sites for hydroxylation is 2. The highest BCUT2D eigenvalue weighted by Crippen LogP contribution is 2.36. The fourth-order valence-electron chi connectivity index (χ4n) is 2.43. The molecule has 4 nitrogen and oxygen atoms in total. The molecule has 0 bridgehead atoms. The lowest BCUT2D eigenvalue weighted by atomic mass is 10.0. The summed E-state index contributed by atoms with van der Waals surface area (Å²) in [6.07, 6.45) is 2.14. The molecule has 1 aromatic heterocycles. The molecule has 2 heterocycles. The molecule has 1 aromatic carbocycles. The Bertz CT molecular complexity index is 636. The van der Waals surface area contributed by atoms with Crippen LogP contribution >= 0.6 is 11.3 Å². The topological polar surface area (TPSA) is 53.4 Å². The summed E-state index contributed by atoms with van der Waals surface area (Å²) in [5, 5.41) is 9.90. The standard InChI is InChI=1S/C14H14N2O2S/c1-9-12(13(17)18)19-14(15-9)16-8-4-6-10-5-2-3-7-11(10)16/h2-3,5,7H,4,6,8H2,1H3,(H,17,18). The first-order chi connectivity index (χ1) is 9.16. The number of aromatic nitrogens is 1. The van der Waals surface area contributed by atoms with Crippen LogP contribution in [-0.4, -0.2) is 22.6 Å². The summed E-state index contributed by atoms with van der Waals surface area (Å²) in [5.74, 6) is -0.897. The van der Waals surface area contributed by atoms with Crippen LogP contribution in [0.2, 0.25) is 0 Å². The van der Waals surface area contributed by atoms with Gasteiger partial charge in [0, 0.05) is 12.2 Å². The molecule has 0 fully saturated rings. The average molecular weight is 274 g/mol. The number of carboxylic acid groups (broad SMARTS) is 1. The normalized spacial score (nSPS) is 14.3. The molecule has 1 aliphatic rings. The van der Waals surface area contributed by atoms with Gasteiger partial charge >= 0.3 is 5.97 Å². The number of para-hydroxylation sites is 1. The minimum Gasteiger partial charge on any atom is -0.477 e. The Morgan fingerprint density at radius 1 is 1.42 bits per heavy atom. The van der Waals surface area contributed by atoms with Gasteiger partial charge in [-0.05, 0) is 31.4 Å².